The van der Waals surface area contributed by atoms with Gasteiger partial charge in [-0.05, 0) is 13.0 Å². The summed E-state index contributed by atoms with van der Waals surface area (Å²) < 4.78 is 5.68. The second-order valence-electron chi connectivity index (χ2n) is 4.76. The Morgan fingerprint density at radius 2 is 2.24 bits per heavy atom. The predicted molar refractivity (Wildman–Crippen MR) is 73.4 cm³/mol. The number of amides is 1. The van der Waals surface area contributed by atoms with E-state index in [9.17, 15) is 4.79 Å². The molecule has 21 heavy (non-hydrogen) atoms. The molecular formula is C14H15N5O2. The van der Waals surface area contributed by atoms with Gasteiger partial charge in [0.1, 0.15) is 11.8 Å². The number of ether oxygens (including phenoxy) is 1. The number of aryl methyl sites for hydroxylation is 1. The van der Waals surface area contributed by atoms with Crippen LogP contribution in [0.2, 0.25) is 0 Å². The van der Waals surface area contributed by atoms with Crippen LogP contribution in [0.3, 0.4) is 0 Å². The van der Waals surface area contributed by atoms with Gasteiger partial charge in [-0.25, -0.2) is 15.0 Å². The number of morpholine rings is 1. The summed E-state index contributed by atoms with van der Waals surface area (Å²) in [4.78, 5) is 30.6. The number of carbonyl (C=O) groups excluding carboxylic acids is 1. The summed E-state index contributed by atoms with van der Waals surface area (Å²) in [6.45, 7) is 3.29. The zero-order valence-corrected chi connectivity index (χ0v) is 11.6. The Hall–Kier alpha value is -2.41. The molecule has 1 unspecified atom stereocenters. The van der Waals surface area contributed by atoms with Crippen molar-refractivity contribution in [3.8, 4) is 0 Å². The van der Waals surface area contributed by atoms with E-state index in [1.165, 1.54) is 12.4 Å². The van der Waals surface area contributed by atoms with Gasteiger partial charge in [0.25, 0.3) is 5.91 Å². The average molecular weight is 285 g/mol. The van der Waals surface area contributed by atoms with Crippen molar-refractivity contribution in [2.75, 3.05) is 19.7 Å². The highest BCUT2D eigenvalue weighted by Crippen LogP contribution is 2.20. The van der Waals surface area contributed by atoms with Gasteiger partial charge in [-0.15, -0.1) is 0 Å². The summed E-state index contributed by atoms with van der Waals surface area (Å²) in [5, 5.41) is 0. The molecule has 0 bridgehead atoms. The Bertz CT molecular complexity index is 634. The third kappa shape index (κ3) is 3.03. The molecule has 1 atom stereocenters. The van der Waals surface area contributed by atoms with Gasteiger partial charge < -0.3 is 9.64 Å². The topological polar surface area (TPSA) is 81.1 Å². The minimum atomic E-state index is -0.306. The van der Waals surface area contributed by atoms with Crippen LogP contribution in [0.15, 0.2) is 30.9 Å². The van der Waals surface area contributed by atoms with Crippen LogP contribution >= 0.6 is 0 Å². The first-order valence-electron chi connectivity index (χ1n) is 6.70. The molecule has 7 heteroatoms. The maximum absolute atomic E-state index is 12.4. The molecule has 2 aromatic heterocycles. The van der Waals surface area contributed by atoms with Crippen molar-refractivity contribution in [3.05, 3.63) is 48.1 Å². The molecule has 3 heterocycles. The van der Waals surface area contributed by atoms with Gasteiger partial charge in [-0.3, -0.25) is 9.78 Å². The lowest BCUT2D eigenvalue weighted by Crippen LogP contribution is -2.43. The van der Waals surface area contributed by atoms with Crippen molar-refractivity contribution >= 4 is 5.91 Å². The fourth-order valence-electron chi connectivity index (χ4n) is 2.18. The zero-order chi connectivity index (χ0) is 14.7. The standard InChI is InChI=1S/C14H15N5O2/c1-10-2-3-17-13(18-10)12-9-19(6-7-21-12)14(20)11-8-15-4-5-16-11/h2-5,8,12H,6-7,9H2,1H3. The van der Waals surface area contributed by atoms with Gasteiger partial charge in [0.15, 0.2) is 5.82 Å². The Morgan fingerprint density at radius 1 is 1.33 bits per heavy atom. The normalized spacial score (nSPS) is 18.5. The van der Waals surface area contributed by atoms with Crippen molar-refractivity contribution in [2.24, 2.45) is 0 Å². The number of hydrogen-bond acceptors (Lipinski definition) is 6. The van der Waals surface area contributed by atoms with Gasteiger partial charge in [0.05, 0.1) is 19.3 Å². The number of nitrogens with zero attached hydrogens (tertiary/aromatic N) is 5. The molecule has 0 spiro atoms. The van der Waals surface area contributed by atoms with Gasteiger partial charge in [0.2, 0.25) is 0 Å². The molecule has 1 amide bonds. The monoisotopic (exact) mass is 285 g/mol. The van der Waals surface area contributed by atoms with Gasteiger partial charge in [-0.1, -0.05) is 0 Å². The van der Waals surface area contributed by atoms with Gasteiger partial charge in [0, 0.05) is 30.8 Å². The number of aromatic nitrogens is 4. The van der Waals surface area contributed by atoms with Crippen LogP contribution in [-0.2, 0) is 4.74 Å². The van der Waals surface area contributed by atoms with E-state index in [4.69, 9.17) is 4.74 Å². The molecule has 2 aromatic rings. The third-order valence-electron chi connectivity index (χ3n) is 3.24. The maximum atomic E-state index is 12.4. The van der Waals surface area contributed by atoms with Crippen LogP contribution in [0, 0.1) is 6.92 Å². The largest absolute Gasteiger partial charge is 0.367 e. The van der Waals surface area contributed by atoms with Gasteiger partial charge >= 0.3 is 0 Å². The molecule has 0 aliphatic carbocycles. The molecule has 3 rings (SSSR count). The van der Waals surface area contributed by atoms with E-state index >= 15 is 0 Å². The summed E-state index contributed by atoms with van der Waals surface area (Å²) in [6, 6.07) is 1.83. The van der Waals surface area contributed by atoms with E-state index in [-0.39, 0.29) is 12.0 Å². The van der Waals surface area contributed by atoms with Crippen LogP contribution < -0.4 is 0 Å². The van der Waals surface area contributed by atoms with Crippen LogP contribution in [0.4, 0.5) is 0 Å². The van der Waals surface area contributed by atoms with Crippen molar-refractivity contribution in [1.82, 2.24) is 24.8 Å². The SMILES string of the molecule is Cc1ccnc(C2CN(C(=O)c3cnccn3)CCO2)n1. The predicted octanol–water partition coefficient (Wildman–Crippen LogP) is 0.789. The molecular weight excluding hydrogens is 270 g/mol. The molecule has 1 aliphatic heterocycles. The van der Waals surface area contributed by atoms with Gasteiger partial charge in [-0.2, -0.15) is 0 Å². The van der Waals surface area contributed by atoms with Crippen molar-refractivity contribution in [3.63, 3.8) is 0 Å². The Balaban J connectivity index is 1.75. The number of hydrogen-bond donors (Lipinski definition) is 0. The maximum Gasteiger partial charge on any atom is 0.274 e. The lowest BCUT2D eigenvalue weighted by Gasteiger charge is -2.31. The minimum absolute atomic E-state index is 0.149. The van der Waals surface area contributed by atoms with Crippen molar-refractivity contribution in [1.29, 1.82) is 0 Å². The first-order chi connectivity index (χ1) is 10.2. The zero-order valence-electron chi connectivity index (χ0n) is 11.6. The van der Waals surface area contributed by atoms with Crippen LogP contribution in [-0.4, -0.2) is 50.4 Å². The molecule has 7 nitrogen and oxygen atoms in total. The quantitative estimate of drug-likeness (QED) is 0.811. The molecule has 1 fully saturated rings. The minimum Gasteiger partial charge on any atom is -0.367 e. The third-order valence-corrected chi connectivity index (χ3v) is 3.24. The summed E-state index contributed by atoms with van der Waals surface area (Å²) in [5.41, 5.74) is 1.21. The fourth-order valence-corrected chi connectivity index (χ4v) is 2.18. The summed E-state index contributed by atoms with van der Waals surface area (Å²) >= 11 is 0. The van der Waals surface area contributed by atoms with E-state index in [1.807, 2.05) is 13.0 Å². The fraction of sp³-hybridized carbons (Fsp3) is 0.357. The average Bonchev–Trinajstić information content (AvgIpc) is 2.55. The molecule has 0 radical (unpaired) electrons. The first kappa shape index (κ1) is 13.6. The van der Waals surface area contributed by atoms with Crippen molar-refractivity contribution in [2.45, 2.75) is 13.0 Å². The Morgan fingerprint density at radius 3 is 3.00 bits per heavy atom. The first-order valence-corrected chi connectivity index (χ1v) is 6.70. The number of carbonyl (C=O) groups is 1. The smallest absolute Gasteiger partial charge is 0.274 e. The molecule has 1 saturated heterocycles. The van der Waals surface area contributed by atoms with E-state index in [0.29, 0.717) is 31.2 Å². The van der Waals surface area contributed by atoms with Crippen LogP contribution in [0.5, 0.6) is 0 Å². The summed E-state index contributed by atoms with van der Waals surface area (Å²) in [5.74, 6) is 0.454. The van der Waals surface area contributed by atoms with E-state index in [1.54, 1.807) is 17.3 Å². The molecule has 0 aromatic carbocycles. The second-order valence-corrected chi connectivity index (χ2v) is 4.76. The lowest BCUT2D eigenvalue weighted by molar-refractivity contribution is -0.0270. The Kier molecular flexibility index (Phi) is 3.83. The van der Waals surface area contributed by atoms with Crippen LogP contribution in [0.1, 0.15) is 28.1 Å². The second kappa shape index (κ2) is 5.92. The number of rotatable bonds is 2. The van der Waals surface area contributed by atoms with Crippen molar-refractivity contribution < 1.29 is 9.53 Å². The highest BCUT2D eigenvalue weighted by Gasteiger charge is 2.28. The lowest BCUT2D eigenvalue weighted by atomic mass is 10.2. The molecule has 0 saturated carbocycles. The van der Waals surface area contributed by atoms with Crippen LogP contribution in [0.25, 0.3) is 0 Å². The van der Waals surface area contributed by atoms with E-state index in [2.05, 4.69) is 19.9 Å². The highest BCUT2D eigenvalue weighted by molar-refractivity contribution is 5.92. The summed E-state index contributed by atoms with van der Waals surface area (Å²) in [6.07, 6.45) is 5.91. The van der Waals surface area contributed by atoms with E-state index in [0.717, 1.165) is 5.69 Å². The van der Waals surface area contributed by atoms with E-state index < -0.39 is 0 Å². The molecule has 1 aliphatic rings. The summed E-state index contributed by atoms with van der Waals surface area (Å²) in [7, 11) is 0. The Labute approximate surface area is 122 Å². The molecule has 108 valence electrons. The molecule has 0 N–H and O–H groups in total. The highest BCUT2D eigenvalue weighted by atomic mass is 16.5.